The Balaban J connectivity index is 3.12. The van der Waals surface area contributed by atoms with Crippen molar-refractivity contribution < 1.29 is 18.7 Å². The Hall–Kier alpha value is -1.72. The number of nitrogens with zero attached hydrogens (tertiary/aromatic N) is 1. The van der Waals surface area contributed by atoms with Crippen LogP contribution in [0.25, 0.3) is 0 Å². The topological polar surface area (TPSA) is 59.3 Å². The van der Waals surface area contributed by atoms with Gasteiger partial charge in [-0.15, -0.1) is 0 Å². The number of aromatic nitrogens is 1. The van der Waals surface area contributed by atoms with Crippen LogP contribution < -0.4 is 5.56 Å². The largest absolute Gasteiger partial charge is 0.481 e. The van der Waals surface area contributed by atoms with Crippen LogP contribution in [0.2, 0.25) is 0 Å². The summed E-state index contributed by atoms with van der Waals surface area (Å²) in [6.45, 7) is -1.53. The highest BCUT2D eigenvalue weighted by Gasteiger charge is 2.15. The van der Waals surface area contributed by atoms with E-state index in [1.54, 1.807) is 0 Å². The van der Waals surface area contributed by atoms with E-state index in [4.69, 9.17) is 5.11 Å². The lowest BCUT2D eigenvalue weighted by atomic mass is 10.0. The summed E-state index contributed by atoms with van der Waals surface area (Å²) in [6, 6.07) is 2.11. The molecule has 0 aromatic carbocycles. The predicted molar refractivity (Wildman–Crippen MR) is 48.0 cm³/mol. The summed E-state index contributed by atoms with van der Waals surface area (Å²) in [4.78, 5) is 21.7. The maximum atomic E-state index is 12.2. The second-order valence-electron chi connectivity index (χ2n) is 3.04. The van der Waals surface area contributed by atoms with Crippen molar-refractivity contribution in [3.8, 4) is 0 Å². The van der Waals surface area contributed by atoms with E-state index in [0.717, 1.165) is 12.3 Å². The normalized spacial score (nSPS) is 12.8. The molecule has 82 valence electrons. The molecule has 0 saturated carbocycles. The third-order valence-electron chi connectivity index (χ3n) is 2.05. The van der Waals surface area contributed by atoms with Crippen molar-refractivity contribution in [3.05, 3.63) is 34.2 Å². The van der Waals surface area contributed by atoms with Crippen molar-refractivity contribution in [1.82, 2.24) is 4.57 Å². The standard InChI is InChI=1S/C9H9F2NO3/c1-5(8(14)15)6-2-3-12(9(10)11)7(13)4-6/h2-5,9H,1H3,(H,14,15). The van der Waals surface area contributed by atoms with Crippen molar-refractivity contribution in [1.29, 1.82) is 0 Å². The first-order valence-electron chi connectivity index (χ1n) is 4.16. The van der Waals surface area contributed by atoms with Gasteiger partial charge in [-0.3, -0.25) is 14.2 Å². The quantitative estimate of drug-likeness (QED) is 0.833. The molecule has 0 bridgehead atoms. The van der Waals surface area contributed by atoms with Crippen molar-refractivity contribution in [2.45, 2.75) is 19.4 Å². The summed E-state index contributed by atoms with van der Waals surface area (Å²) in [6.07, 6.45) is 0.891. The number of hydrogen-bond donors (Lipinski definition) is 1. The third-order valence-corrected chi connectivity index (χ3v) is 2.05. The lowest BCUT2D eigenvalue weighted by Crippen LogP contribution is -2.21. The molecule has 1 atom stereocenters. The zero-order valence-electron chi connectivity index (χ0n) is 7.85. The van der Waals surface area contributed by atoms with Gasteiger partial charge in [0.05, 0.1) is 5.92 Å². The average molecular weight is 217 g/mol. The maximum Gasteiger partial charge on any atom is 0.321 e. The van der Waals surface area contributed by atoms with Crippen LogP contribution in [-0.2, 0) is 4.79 Å². The van der Waals surface area contributed by atoms with Crippen LogP contribution in [0.4, 0.5) is 8.78 Å². The number of aliphatic carboxylic acids is 1. The van der Waals surface area contributed by atoms with E-state index in [9.17, 15) is 18.4 Å². The van der Waals surface area contributed by atoms with Crippen LogP contribution in [-0.4, -0.2) is 15.6 Å². The molecule has 0 radical (unpaired) electrons. The zero-order valence-corrected chi connectivity index (χ0v) is 7.85. The molecular weight excluding hydrogens is 208 g/mol. The summed E-state index contributed by atoms with van der Waals surface area (Å²) < 4.78 is 24.6. The van der Waals surface area contributed by atoms with Crippen LogP contribution in [0.1, 0.15) is 25.0 Å². The zero-order chi connectivity index (χ0) is 11.6. The highest BCUT2D eigenvalue weighted by atomic mass is 19.3. The van der Waals surface area contributed by atoms with Gasteiger partial charge in [-0.2, -0.15) is 8.78 Å². The predicted octanol–water partition coefficient (Wildman–Crippen LogP) is 1.43. The summed E-state index contributed by atoms with van der Waals surface area (Å²) >= 11 is 0. The monoisotopic (exact) mass is 217 g/mol. The first kappa shape index (κ1) is 11.4. The molecule has 0 fully saturated rings. The van der Waals surface area contributed by atoms with Crippen LogP contribution in [0.15, 0.2) is 23.1 Å². The first-order valence-corrected chi connectivity index (χ1v) is 4.16. The minimum atomic E-state index is -2.91. The van der Waals surface area contributed by atoms with Gasteiger partial charge >= 0.3 is 12.5 Å². The first-order chi connectivity index (χ1) is 6.93. The van der Waals surface area contributed by atoms with Gasteiger partial charge in [0.15, 0.2) is 0 Å². The van der Waals surface area contributed by atoms with Gasteiger partial charge in [-0.1, -0.05) is 0 Å². The maximum absolute atomic E-state index is 12.2. The molecule has 6 heteroatoms. The highest BCUT2D eigenvalue weighted by molar-refractivity contribution is 5.75. The number of hydrogen-bond acceptors (Lipinski definition) is 2. The number of pyridine rings is 1. The van der Waals surface area contributed by atoms with E-state index < -0.39 is 24.0 Å². The van der Waals surface area contributed by atoms with Gasteiger partial charge in [0, 0.05) is 12.3 Å². The molecule has 0 aliphatic carbocycles. The molecule has 1 unspecified atom stereocenters. The Morgan fingerprint density at radius 1 is 1.53 bits per heavy atom. The molecule has 1 N–H and O–H groups in total. The summed E-state index contributed by atoms with van der Waals surface area (Å²) in [5, 5.41) is 8.65. The van der Waals surface area contributed by atoms with E-state index in [2.05, 4.69) is 0 Å². The van der Waals surface area contributed by atoms with Crippen LogP contribution in [0, 0.1) is 0 Å². The number of carbonyl (C=O) groups is 1. The summed E-state index contributed by atoms with van der Waals surface area (Å²) in [5.74, 6) is -1.99. The van der Waals surface area contributed by atoms with Gasteiger partial charge in [-0.25, -0.2) is 0 Å². The number of carboxylic acid groups (broad SMARTS) is 1. The summed E-state index contributed by atoms with van der Waals surface area (Å²) in [5.41, 5.74) is -0.694. The second-order valence-corrected chi connectivity index (χ2v) is 3.04. The second kappa shape index (κ2) is 4.20. The van der Waals surface area contributed by atoms with Crippen molar-refractivity contribution in [2.75, 3.05) is 0 Å². The van der Waals surface area contributed by atoms with E-state index in [-0.39, 0.29) is 10.1 Å². The fraction of sp³-hybridized carbons (Fsp3) is 0.333. The molecule has 1 heterocycles. The van der Waals surface area contributed by atoms with Gasteiger partial charge in [0.1, 0.15) is 0 Å². The average Bonchev–Trinajstić information content (AvgIpc) is 2.15. The molecule has 15 heavy (non-hydrogen) atoms. The third kappa shape index (κ3) is 2.39. The molecule has 0 saturated heterocycles. The van der Waals surface area contributed by atoms with Gasteiger partial charge in [-0.05, 0) is 18.6 Å². The fourth-order valence-electron chi connectivity index (χ4n) is 1.08. The number of rotatable bonds is 3. The Kier molecular flexibility index (Phi) is 3.18. The Labute approximate surface area is 83.8 Å². The fourth-order valence-corrected chi connectivity index (χ4v) is 1.08. The number of carboxylic acids is 1. The molecule has 0 aliphatic rings. The van der Waals surface area contributed by atoms with Crippen LogP contribution in [0.3, 0.4) is 0 Å². The molecule has 4 nitrogen and oxygen atoms in total. The molecule has 0 aliphatic heterocycles. The molecule has 1 rings (SSSR count). The minimum absolute atomic E-state index is 0.212. The highest BCUT2D eigenvalue weighted by Crippen LogP contribution is 2.14. The molecule has 1 aromatic rings. The van der Waals surface area contributed by atoms with E-state index in [1.807, 2.05) is 0 Å². The number of halogens is 2. The summed E-state index contributed by atoms with van der Waals surface area (Å²) in [7, 11) is 0. The Morgan fingerprint density at radius 3 is 2.53 bits per heavy atom. The van der Waals surface area contributed by atoms with Crippen LogP contribution >= 0.6 is 0 Å². The SMILES string of the molecule is CC(C(=O)O)c1ccn(C(F)F)c(=O)c1. The smallest absolute Gasteiger partial charge is 0.321 e. The molecule has 0 spiro atoms. The van der Waals surface area contributed by atoms with E-state index >= 15 is 0 Å². The van der Waals surface area contributed by atoms with E-state index in [0.29, 0.717) is 0 Å². The van der Waals surface area contributed by atoms with Gasteiger partial charge < -0.3 is 5.11 Å². The van der Waals surface area contributed by atoms with Crippen LogP contribution in [0.5, 0.6) is 0 Å². The van der Waals surface area contributed by atoms with Gasteiger partial charge in [0.2, 0.25) is 0 Å². The van der Waals surface area contributed by atoms with Crippen molar-refractivity contribution >= 4 is 5.97 Å². The molecular formula is C9H9F2NO3. The lowest BCUT2D eigenvalue weighted by molar-refractivity contribution is -0.138. The lowest BCUT2D eigenvalue weighted by Gasteiger charge is -2.08. The Morgan fingerprint density at radius 2 is 2.13 bits per heavy atom. The van der Waals surface area contributed by atoms with Crippen molar-refractivity contribution in [2.24, 2.45) is 0 Å². The van der Waals surface area contributed by atoms with E-state index in [1.165, 1.54) is 13.0 Å². The van der Waals surface area contributed by atoms with Gasteiger partial charge in [0.25, 0.3) is 5.56 Å². The number of alkyl halides is 2. The van der Waals surface area contributed by atoms with Crippen molar-refractivity contribution in [3.63, 3.8) is 0 Å². The Bertz CT molecular complexity index is 428. The minimum Gasteiger partial charge on any atom is -0.481 e. The molecule has 1 aromatic heterocycles. The molecule has 0 amide bonds.